The Kier molecular flexibility index (Phi) is 17.6. The van der Waals surface area contributed by atoms with E-state index in [4.69, 9.17) is 0 Å². The Morgan fingerprint density at radius 3 is 1.55 bits per heavy atom. The highest BCUT2D eigenvalue weighted by molar-refractivity contribution is 5.81. The molecule has 0 radical (unpaired) electrons. The number of carbonyl (C=O) groups is 1. The van der Waals surface area contributed by atoms with E-state index in [0.717, 1.165) is 6.42 Å². The van der Waals surface area contributed by atoms with Crippen LogP contribution in [0, 0.1) is 0 Å². The van der Waals surface area contributed by atoms with Crippen LogP contribution in [0.3, 0.4) is 0 Å². The van der Waals surface area contributed by atoms with Crippen LogP contribution in [0.15, 0.2) is 12.2 Å². The Hall–Kier alpha value is -0.790. The molecule has 0 aromatic rings. The molecule has 0 saturated heterocycles. The van der Waals surface area contributed by atoms with Gasteiger partial charge in [0.05, 0.1) is 7.11 Å². The van der Waals surface area contributed by atoms with Gasteiger partial charge in [-0.2, -0.15) is 0 Å². The van der Waals surface area contributed by atoms with Gasteiger partial charge in [-0.05, 0) is 12.8 Å². The normalized spacial score (nSPS) is 11.2. The summed E-state index contributed by atoms with van der Waals surface area (Å²) in [4.78, 5) is 10.9. The van der Waals surface area contributed by atoms with Gasteiger partial charge in [0, 0.05) is 6.08 Å². The summed E-state index contributed by atoms with van der Waals surface area (Å²) in [6, 6.07) is 0. The molecule has 0 aliphatic rings. The fourth-order valence-electron chi connectivity index (χ4n) is 2.70. The number of carbonyl (C=O) groups excluding carboxylic acids is 1. The third-order valence-corrected chi connectivity index (χ3v) is 4.18. The van der Waals surface area contributed by atoms with Gasteiger partial charge >= 0.3 is 5.97 Å². The zero-order chi connectivity index (χ0) is 16.3. The van der Waals surface area contributed by atoms with Gasteiger partial charge in [0.1, 0.15) is 0 Å². The predicted molar refractivity (Wildman–Crippen MR) is 96.1 cm³/mol. The summed E-state index contributed by atoms with van der Waals surface area (Å²) in [5, 5.41) is 0. The van der Waals surface area contributed by atoms with E-state index in [9.17, 15) is 4.79 Å². The lowest BCUT2D eigenvalue weighted by Crippen LogP contribution is -1.93. The minimum atomic E-state index is -0.245. The Balaban J connectivity index is 3.05. The first-order valence-electron chi connectivity index (χ1n) is 9.55. The van der Waals surface area contributed by atoms with E-state index in [1.165, 1.54) is 103 Å². The van der Waals surface area contributed by atoms with Crippen molar-refractivity contribution in [2.75, 3.05) is 7.11 Å². The zero-order valence-corrected chi connectivity index (χ0v) is 15.1. The van der Waals surface area contributed by atoms with Crippen molar-refractivity contribution in [1.29, 1.82) is 0 Å². The third kappa shape index (κ3) is 17.3. The highest BCUT2D eigenvalue weighted by atomic mass is 16.5. The van der Waals surface area contributed by atoms with E-state index in [2.05, 4.69) is 11.7 Å². The van der Waals surface area contributed by atoms with E-state index in [1.807, 2.05) is 6.08 Å². The lowest BCUT2D eigenvalue weighted by atomic mass is 10.0. The molecular weight excluding hydrogens is 272 g/mol. The summed E-state index contributed by atoms with van der Waals surface area (Å²) >= 11 is 0. The summed E-state index contributed by atoms with van der Waals surface area (Å²) in [6.45, 7) is 2.28. The van der Waals surface area contributed by atoms with Gasteiger partial charge in [-0.3, -0.25) is 0 Å². The molecule has 0 rings (SSSR count). The van der Waals surface area contributed by atoms with Crippen LogP contribution in [0.2, 0.25) is 0 Å². The summed E-state index contributed by atoms with van der Waals surface area (Å²) in [5.74, 6) is -0.245. The molecule has 0 aromatic carbocycles. The summed E-state index contributed by atoms with van der Waals surface area (Å²) in [7, 11) is 1.42. The van der Waals surface area contributed by atoms with E-state index in [-0.39, 0.29) is 5.97 Å². The fraction of sp³-hybridized carbons (Fsp3) is 0.850. The first-order valence-corrected chi connectivity index (χ1v) is 9.55. The maximum atomic E-state index is 10.9. The maximum Gasteiger partial charge on any atom is 0.330 e. The average Bonchev–Trinajstić information content (AvgIpc) is 2.54. The van der Waals surface area contributed by atoms with Crippen LogP contribution in [0.5, 0.6) is 0 Å². The molecule has 2 nitrogen and oxygen atoms in total. The topological polar surface area (TPSA) is 26.3 Å². The second kappa shape index (κ2) is 18.3. The smallest absolute Gasteiger partial charge is 0.330 e. The summed E-state index contributed by atoms with van der Waals surface area (Å²) in [6.07, 6.45) is 23.8. The minimum absolute atomic E-state index is 0.245. The Morgan fingerprint density at radius 1 is 0.727 bits per heavy atom. The number of rotatable bonds is 16. The quantitative estimate of drug-likeness (QED) is 0.183. The molecule has 0 saturated carbocycles. The average molecular weight is 311 g/mol. The number of esters is 1. The van der Waals surface area contributed by atoms with Crippen LogP contribution < -0.4 is 0 Å². The first-order chi connectivity index (χ1) is 10.8. The van der Waals surface area contributed by atoms with Crippen LogP contribution in [-0.4, -0.2) is 13.1 Å². The van der Waals surface area contributed by atoms with E-state index < -0.39 is 0 Å². The van der Waals surface area contributed by atoms with E-state index in [1.54, 1.807) is 0 Å². The second-order valence-corrected chi connectivity index (χ2v) is 6.31. The van der Waals surface area contributed by atoms with Crippen molar-refractivity contribution in [2.24, 2.45) is 0 Å². The number of hydrogen-bond acceptors (Lipinski definition) is 2. The molecule has 0 aromatic heterocycles. The van der Waals surface area contributed by atoms with Gasteiger partial charge < -0.3 is 4.74 Å². The third-order valence-electron chi connectivity index (χ3n) is 4.18. The molecule has 0 N–H and O–H groups in total. The van der Waals surface area contributed by atoms with Crippen LogP contribution >= 0.6 is 0 Å². The van der Waals surface area contributed by atoms with Crippen molar-refractivity contribution in [3.05, 3.63) is 12.2 Å². The minimum Gasteiger partial charge on any atom is -0.466 e. The molecule has 0 aliphatic heterocycles. The lowest BCUT2D eigenvalue weighted by Gasteiger charge is -2.02. The SMILES string of the molecule is CCCCCCCCCCCCCCCC/C=C/C(=O)OC. The Bertz CT molecular complexity index is 258. The number of unbranched alkanes of at least 4 members (excludes halogenated alkanes) is 14. The molecule has 22 heavy (non-hydrogen) atoms. The second-order valence-electron chi connectivity index (χ2n) is 6.31. The van der Waals surface area contributed by atoms with Gasteiger partial charge in [0.2, 0.25) is 0 Å². The van der Waals surface area contributed by atoms with Crippen molar-refractivity contribution >= 4 is 5.97 Å². The molecular formula is C20H38O2. The number of ether oxygens (including phenoxy) is 1. The number of methoxy groups -OCH3 is 1. The van der Waals surface area contributed by atoms with Crippen molar-refractivity contribution in [1.82, 2.24) is 0 Å². The molecule has 0 spiro atoms. The van der Waals surface area contributed by atoms with Crippen molar-refractivity contribution < 1.29 is 9.53 Å². The van der Waals surface area contributed by atoms with Crippen LogP contribution in [0.25, 0.3) is 0 Å². The molecule has 2 heteroatoms. The molecule has 0 fully saturated rings. The monoisotopic (exact) mass is 310 g/mol. The van der Waals surface area contributed by atoms with Crippen LogP contribution in [0.4, 0.5) is 0 Å². The summed E-state index contributed by atoms with van der Waals surface area (Å²) < 4.78 is 4.55. The number of allylic oxidation sites excluding steroid dienone is 1. The Morgan fingerprint density at radius 2 is 1.14 bits per heavy atom. The number of hydrogen-bond donors (Lipinski definition) is 0. The highest BCUT2D eigenvalue weighted by Gasteiger charge is 1.94. The van der Waals surface area contributed by atoms with Gasteiger partial charge in [-0.15, -0.1) is 0 Å². The highest BCUT2D eigenvalue weighted by Crippen LogP contribution is 2.13. The Labute approximate surface area is 138 Å². The molecule has 0 amide bonds. The van der Waals surface area contributed by atoms with Crippen molar-refractivity contribution in [3.8, 4) is 0 Å². The largest absolute Gasteiger partial charge is 0.466 e. The standard InChI is InChI=1S/C20H38O2/c1-3-4-5-6-7-8-9-10-11-12-13-14-15-16-17-18-19-20(21)22-2/h18-19H,3-17H2,1-2H3/b19-18+. The molecule has 0 aliphatic carbocycles. The first kappa shape index (κ1) is 21.2. The van der Waals surface area contributed by atoms with Crippen LogP contribution in [-0.2, 0) is 9.53 Å². The van der Waals surface area contributed by atoms with Gasteiger partial charge in [0.25, 0.3) is 0 Å². The summed E-state index contributed by atoms with van der Waals surface area (Å²) in [5.41, 5.74) is 0. The van der Waals surface area contributed by atoms with Gasteiger partial charge in [-0.1, -0.05) is 96.5 Å². The molecule has 0 atom stereocenters. The van der Waals surface area contributed by atoms with E-state index >= 15 is 0 Å². The van der Waals surface area contributed by atoms with Crippen LogP contribution in [0.1, 0.15) is 103 Å². The molecule has 0 heterocycles. The lowest BCUT2D eigenvalue weighted by molar-refractivity contribution is -0.134. The zero-order valence-electron chi connectivity index (χ0n) is 15.1. The maximum absolute atomic E-state index is 10.9. The molecule has 0 unspecified atom stereocenters. The van der Waals surface area contributed by atoms with E-state index in [0.29, 0.717) is 0 Å². The predicted octanol–water partition coefficient (Wildman–Crippen LogP) is 6.59. The van der Waals surface area contributed by atoms with Crippen molar-refractivity contribution in [2.45, 2.75) is 103 Å². The molecule has 130 valence electrons. The van der Waals surface area contributed by atoms with Gasteiger partial charge in [0.15, 0.2) is 0 Å². The van der Waals surface area contributed by atoms with Crippen molar-refractivity contribution in [3.63, 3.8) is 0 Å². The fourth-order valence-corrected chi connectivity index (χ4v) is 2.70. The molecule has 0 bridgehead atoms. The van der Waals surface area contributed by atoms with Gasteiger partial charge in [-0.25, -0.2) is 4.79 Å².